The fraction of sp³-hybridized carbons (Fsp3) is 0.417. The predicted molar refractivity (Wildman–Crippen MR) is 72.0 cm³/mol. The molecule has 0 aliphatic carbocycles. The number of rotatable bonds is 6. The van der Waals surface area contributed by atoms with Gasteiger partial charge in [-0.25, -0.2) is 8.42 Å². The topological polar surface area (TPSA) is 88.6 Å². The van der Waals surface area contributed by atoms with Gasteiger partial charge in [0.25, 0.3) is 0 Å². The number of H-pyrrole nitrogens is 1. The highest BCUT2D eigenvalue weighted by Gasteiger charge is 2.16. The molecule has 19 heavy (non-hydrogen) atoms. The highest BCUT2D eigenvalue weighted by molar-refractivity contribution is 7.90. The summed E-state index contributed by atoms with van der Waals surface area (Å²) in [5.74, 6) is 0.642. The van der Waals surface area contributed by atoms with E-state index in [2.05, 4.69) is 20.6 Å². The Labute approximate surface area is 112 Å². The maximum atomic E-state index is 12.0. The monoisotopic (exact) mass is 280 g/mol. The summed E-state index contributed by atoms with van der Waals surface area (Å²) in [5.41, 5.74) is 1.41. The third-order valence-corrected chi connectivity index (χ3v) is 4.45. The van der Waals surface area contributed by atoms with Gasteiger partial charge in [0.15, 0.2) is 9.84 Å². The van der Waals surface area contributed by atoms with Crippen LogP contribution in [0.2, 0.25) is 0 Å². The van der Waals surface area contributed by atoms with Crippen LogP contribution in [0, 0.1) is 0 Å². The van der Waals surface area contributed by atoms with E-state index in [4.69, 9.17) is 0 Å². The molecule has 0 radical (unpaired) electrons. The first-order valence-corrected chi connectivity index (χ1v) is 7.96. The van der Waals surface area contributed by atoms with Crippen LogP contribution in [0.15, 0.2) is 24.3 Å². The number of nitrogens with one attached hydrogen (secondary N) is 1. The summed E-state index contributed by atoms with van der Waals surface area (Å²) in [6.07, 6.45) is 1.55. The predicted octanol–water partition coefficient (Wildman–Crippen LogP) is 1.58. The molecule has 2 rings (SSSR count). The van der Waals surface area contributed by atoms with Gasteiger partial charge in [0, 0.05) is 5.56 Å². The van der Waals surface area contributed by atoms with Gasteiger partial charge in [0.05, 0.1) is 11.5 Å². The molecule has 1 aromatic heterocycles. The molecule has 0 amide bonds. The fourth-order valence-electron chi connectivity index (χ4n) is 1.81. The van der Waals surface area contributed by atoms with Crippen molar-refractivity contribution in [3.8, 4) is 11.4 Å². The number of unbranched alkanes of at least 4 members (excludes halogenated alkanes) is 1. The summed E-state index contributed by atoms with van der Waals surface area (Å²) in [5, 5.41) is 13.7. The molecule has 1 N–H and O–H groups in total. The van der Waals surface area contributed by atoms with Crippen molar-refractivity contribution in [3.63, 3.8) is 0 Å². The quantitative estimate of drug-likeness (QED) is 0.867. The summed E-state index contributed by atoms with van der Waals surface area (Å²) < 4.78 is 24.0. The zero-order valence-electron chi connectivity index (χ0n) is 10.7. The molecule has 102 valence electrons. The van der Waals surface area contributed by atoms with Crippen molar-refractivity contribution < 1.29 is 8.42 Å². The van der Waals surface area contributed by atoms with Crippen LogP contribution in [0.1, 0.15) is 25.3 Å². The molecule has 0 spiro atoms. The molecule has 0 atom stereocenters. The zero-order valence-corrected chi connectivity index (χ0v) is 11.5. The molecule has 0 saturated carbocycles. The fourth-order valence-corrected chi connectivity index (χ4v) is 3.41. The molecule has 0 saturated heterocycles. The van der Waals surface area contributed by atoms with Crippen molar-refractivity contribution in [2.75, 3.05) is 5.75 Å². The average molecular weight is 280 g/mol. The van der Waals surface area contributed by atoms with Gasteiger partial charge in [0.2, 0.25) is 5.82 Å². The Kier molecular flexibility index (Phi) is 4.26. The lowest BCUT2D eigenvalue weighted by molar-refractivity contribution is 0.592. The lowest BCUT2D eigenvalue weighted by Gasteiger charge is -2.07. The van der Waals surface area contributed by atoms with E-state index in [0.29, 0.717) is 23.4 Å². The van der Waals surface area contributed by atoms with Crippen LogP contribution >= 0.6 is 0 Å². The van der Waals surface area contributed by atoms with Gasteiger partial charge < -0.3 is 0 Å². The molecule has 0 unspecified atom stereocenters. The van der Waals surface area contributed by atoms with Gasteiger partial charge in [-0.1, -0.05) is 37.6 Å². The summed E-state index contributed by atoms with van der Waals surface area (Å²) in [4.78, 5) is 0. The number of hydrogen-bond acceptors (Lipinski definition) is 5. The second kappa shape index (κ2) is 5.92. The normalized spacial score (nSPS) is 11.6. The molecule has 1 aromatic carbocycles. The van der Waals surface area contributed by atoms with Gasteiger partial charge in [0.1, 0.15) is 0 Å². The second-order valence-corrected chi connectivity index (χ2v) is 6.52. The van der Waals surface area contributed by atoms with Gasteiger partial charge in [-0.05, 0) is 17.2 Å². The number of tetrazole rings is 1. The molecule has 0 fully saturated rings. The maximum Gasteiger partial charge on any atom is 0.204 e. The van der Waals surface area contributed by atoms with Gasteiger partial charge in [-0.2, -0.15) is 5.21 Å². The Balaban J connectivity index is 2.26. The van der Waals surface area contributed by atoms with Crippen molar-refractivity contribution >= 4 is 9.84 Å². The molecule has 6 nitrogen and oxygen atoms in total. The molecular formula is C12H16N4O2S. The van der Waals surface area contributed by atoms with Crippen LogP contribution < -0.4 is 0 Å². The molecule has 2 aromatic rings. The zero-order chi connectivity index (χ0) is 13.7. The van der Waals surface area contributed by atoms with E-state index in [9.17, 15) is 8.42 Å². The first-order valence-electron chi connectivity index (χ1n) is 6.14. The Morgan fingerprint density at radius 1 is 1.26 bits per heavy atom. The molecule has 0 bridgehead atoms. The van der Waals surface area contributed by atoms with Crippen LogP contribution in [0.25, 0.3) is 11.4 Å². The van der Waals surface area contributed by atoms with Gasteiger partial charge in [-0.15, -0.1) is 10.2 Å². The van der Waals surface area contributed by atoms with Crippen LogP contribution in [0.5, 0.6) is 0 Å². The highest BCUT2D eigenvalue weighted by Crippen LogP contribution is 2.21. The van der Waals surface area contributed by atoms with Crippen molar-refractivity contribution in [3.05, 3.63) is 29.8 Å². The van der Waals surface area contributed by atoms with E-state index < -0.39 is 9.84 Å². The average Bonchev–Trinajstić information content (AvgIpc) is 2.90. The minimum atomic E-state index is -3.10. The highest BCUT2D eigenvalue weighted by atomic mass is 32.2. The van der Waals surface area contributed by atoms with E-state index in [1.54, 1.807) is 12.1 Å². The molecule has 1 heterocycles. The lowest BCUT2D eigenvalue weighted by atomic mass is 10.1. The number of nitrogens with zero attached hydrogens (tertiary/aromatic N) is 3. The summed E-state index contributed by atoms with van der Waals surface area (Å²) in [6.45, 7) is 1.97. The third kappa shape index (κ3) is 3.60. The summed E-state index contributed by atoms with van der Waals surface area (Å²) in [7, 11) is -3.10. The summed E-state index contributed by atoms with van der Waals surface area (Å²) >= 11 is 0. The number of benzene rings is 1. The van der Waals surface area contributed by atoms with E-state index in [0.717, 1.165) is 6.42 Å². The summed E-state index contributed by atoms with van der Waals surface area (Å²) in [6, 6.07) is 7.23. The van der Waals surface area contributed by atoms with Crippen LogP contribution in [0.4, 0.5) is 0 Å². The van der Waals surface area contributed by atoms with Crippen LogP contribution in [-0.4, -0.2) is 34.8 Å². The van der Waals surface area contributed by atoms with Gasteiger partial charge in [-0.3, -0.25) is 0 Å². The molecule has 0 aliphatic rings. The number of hydrogen-bond donors (Lipinski definition) is 1. The Morgan fingerprint density at radius 2 is 2.05 bits per heavy atom. The lowest BCUT2D eigenvalue weighted by Crippen LogP contribution is -2.10. The SMILES string of the molecule is CCCCS(=O)(=O)Cc1ccccc1-c1nn[nH]n1. The second-order valence-electron chi connectivity index (χ2n) is 4.34. The number of aromatic amines is 1. The smallest absolute Gasteiger partial charge is 0.204 e. The van der Waals surface area contributed by atoms with E-state index in [1.165, 1.54) is 0 Å². The van der Waals surface area contributed by atoms with Crippen molar-refractivity contribution in [2.24, 2.45) is 0 Å². The maximum absolute atomic E-state index is 12.0. The molecule has 0 aliphatic heterocycles. The number of aromatic nitrogens is 4. The van der Waals surface area contributed by atoms with Crippen LogP contribution in [-0.2, 0) is 15.6 Å². The van der Waals surface area contributed by atoms with Crippen molar-refractivity contribution in [1.82, 2.24) is 20.6 Å². The molecular weight excluding hydrogens is 264 g/mol. The van der Waals surface area contributed by atoms with E-state index >= 15 is 0 Å². The standard InChI is InChI=1S/C12H16N4O2S/c1-2-3-8-19(17,18)9-10-6-4-5-7-11(10)12-13-15-16-14-12/h4-7H,2-3,8-9H2,1H3,(H,13,14,15,16). The number of sulfone groups is 1. The van der Waals surface area contributed by atoms with E-state index in [1.807, 2.05) is 19.1 Å². The Morgan fingerprint density at radius 3 is 2.74 bits per heavy atom. The minimum absolute atomic E-state index is 0.0116. The Bertz CT molecular complexity index is 623. The van der Waals surface area contributed by atoms with E-state index in [-0.39, 0.29) is 11.5 Å². The first kappa shape index (κ1) is 13.7. The van der Waals surface area contributed by atoms with Crippen LogP contribution in [0.3, 0.4) is 0 Å². The molecule has 7 heteroatoms. The third-order valence-electron chi connectivity index (χ3n) is 2.79. The van der Waals surface area contributed by atoms with Crippen molar-refractivity contribution in [1.29, 1.82) is 0 Å². The minimum Gasteiger partial charge on any atom is -0.228 e. The first-order chi connectivity index (χ1) is 9.12. The van der Waals surface area contributed by atoms with Crippen molar-refractivity contribution in [2.45, 2.75) is 25.5 Å². The largest absolute Gasteiger partial charge is 0.228 e. The Hall–Kier alpha value is -1.76. The van der Waals surface area contributed by atoms with Gasteiger partial charge >= 0.3 is 0 Å².